The van der Waals surface area contributed by atoms with Gasteiger partial charge in [0.2, 0.25) is 5.91 Å². The van der Waals surface area contributed by atoms with Crippen molar-refractivity contribution in [3.05, 3.63) is 24.3 Å². The smallest absolute Gasteiger partial charge is 0.274 e. The van der Waals surface area contributed by atoms with Crippen molar-refractivity contribution in [3.8, 4) is 0 Å². The number of ether oxygens (including phenoxy) is 1. The van der Waals surface area contributed by atoms with Crippen molar-refractivity contribution in [2.24, 2.45) is 0 Å². The lowest BCUT2D eigenvalue weighted by atomic mass is 10.2. The molecule has 0 N–H and O–H groups in total. The fourth-order valence-corrected chi connectivity index (χ4v) is 2.35. The van der Waals surface area contributed by atoms with Crippen molar-refractivity contribution < 1.29 is 14.3 Å². The Kier molecular flexibility index (Phi) is 9.60. The first-order valence-corrected chi connectivity index (χ1v) is 8.54. The summed E-state index contributed by atoms with van der Waals surface area (Å²) in [5.41, 5.74) is 0.296. The fourth-order valence-electron chi connectivity index (χ4n) is 2.35. The van der Waals surface area contributed by atoms with Crippen LogP contribution in [0, 0.1) is 0 Å². The van der Waals surface area contributed by atoms with Gasteiger partial charge < -0.3 is 14.5 Å². The van der Waals surface area contributed by atoms with E-state index in [1.807, 2.05) is 20.8 Å². The first kappa shape index (κ1) is 20.0. The van der Waals surface area contributed by atoms with Gasteiger partial charge in [-0.05, 0) is 27.2 Å². The molecule has 0 bridgehead atoms. The van der Waals surface area contributed by atoms with Gasteiger partial charge in [-0.15, -0.1) is 0 Å². The molecule has 0 aliphatic heterocycles. The maximum absolute atomic E-state index is 12.6. The predicted octanol–water partition coefficient (Wildman–Crippen LogP) is 1.60. The molecule has 134 valence electrons. The van der Waals surface area contributed by atoms with E-state index in [1.54, 1.807) is 9.80 Å². The van der Waals surface area contributed by atoms with Gasteiger partial charge in [-0.3, -0.25) is 14.6 Å². The van der Waals surface area contributed by atoms with Gasteiger partial charge in [-0.25, -0.2) is 4.98 Å². The Hall–Kier alpha value is -2.02. The molecule has 0 aliphatic carbocycles. The highest BCUT2D eigenvalue weighted by Gasteiger charge is 2.19. The first-order valence-electron chi connectivity index (χ1n) is 8.54. The van der Waals surface area contributed by atoms with E-state index in [9.17, 15) is 9.59 Å². The van der Waals surface area contributed by atoms with Gasteiger partial charge in [0.15, 0.2) is 0 Å². The van der Waals surface area contributed by atoms with Crippen LogP contribution in [-0.4, -0.2) is 71.0 Å². The minimum Gasteiger partial charge on any atom is -0.382 e. The summed E-state index contributed by atoms with van der Waals surface area (Å²) in [7, 11) is 0. The molecule has 7 heteroatoms. The molecule has 24 heavy (non-hydrogen) atoms. The summed E-state index contributed by atoms with van der Waals surface area (Å²) in [6, 6.07) is 0. The van der Waals surface area contributed by atoms with Gasteiger partial charge in [-0.1, -0.05) is 0 Å². The molecule has 0 atom stereocenters. The quantitative estimate of drug-likeness (QED) is 0.574. The zero-order valence-corrected chi connectivity index (χ0v) is 14.9. The molecule has 1 rings (SSSR count). The molecular formula is C17H28N4O3. The molecule has 1 aromatic rings. The number of carbonyl (C=O) groups is 2. The molecule has 0 spiro atoms. The second kappa shape index (κ2) is 11.5. The van der Waals surface area contributed by atoms with Crippen LogP contribution in [0.3, 0.4) is 0 Å². The fraction of sp³-hybridized carbons (Fsp3) is 0.647. The highest BCUT2D eigenvalue weighted by atomic mass is 16.5. The third-order valence-corrected chi connectivity index (χ3v) is 3.70. The summed E-state index contributed by atoms with van der Waals surface area (Å²) in [5.74, 6) is -0.145. The van der Waals surface area contributed by atoms with Crippen molar-refractivity contribution in [3.63, 3.8) is 0 Å². The average molecular weight is 336 g/mol. The second-order valence-corrected chi connectivity index (χ2v) is 5.25. The Bertz CT molecular complexity index is 492. The van der Waals surface area contributed by atoms with E-state index in [1.165, 1.54) is 18.6 Å². The van der Waals surface area contributed by atoms with E-state index in [0.29, 0.717) is 51.5 Å². The van der Waals surface area contributed by atoms with Crippen LogP contribution in [-0.2, 0) is 9.53 Å². The highest BCUT2D eigenvalue weighted by molar-refractivity contribution is 5.92. The monoisotopic (exact) mass is 336 g/mol. The number of hydrogen-bond acceptors (Lipinski definition) is 5. The lowest BCUT2D eigenvalue weighted by Crippen LogP contribution is -2.38. The predicted molar refractivity (Wildman–Crippen MR) is 91.6 cm³/mol. The number of amides is 2. The van der Waals surface area contributed by atoms with Crippen LogP contribution in [0.4, 0.5) is 0 Å². The Labute approximate surface area is 144 Å². The largest absolute Gasteiger partial charge is 0.382 e. The molecular weight excluding hydrogens is 308 g/mol. The molecule has 0 unspecified atom stereocenters. The van der Waals surface area contributed by atoms with Crippen LogP contribution in [0.2, 0.25) is 0 Å². The van der Waals surface area contributed by atoms with Gasteiger partial charge in [0, 0.05) is 58.2 Å². The Morgan fingerprint density at radius 2 is 1.83 bits per heavy atom. The molecule has 0 radical (unpaired) electrons. The average Bonchev–Trinajstić information content (AvgIpc) is 2.62. The zero-order valence-electron chi connectivity index (χ0n) is 14.9. The topological polar surface area (TPSA) is 75.6 Å². The van der Waals surface area contributed by atoms with Crippen LogP contribution in [0.1, 0.15) is 44.1 Å². The van der Waals surface area contributed by atoms with Crippen LogP contribution in [0.15, 0.2) is 18.6 Å². The third kappa shape index (κ3) is 6.62. The van der Waals surface area contributed by atoms with Crippen LogP contribution in [0.5, 0.6) is 0 Å². The summed E-state index contributed by atoms with van der Waals surface area (Å²) in [4.78, 5) is 36.2. The van der Waals surface area contributed by atoms with E-state index in [2.05, 4.69) is 9.97 Å². The van der Waals surface area contributed by atoms with Gasteiger partial charge in [-0.2, -0.15) is 0 Å². The number of aromatic nitrogens is 2. The van der Waals surface area contributed by atoms with Crippen molar-refractivity contribution in [1.82, 2.24) is 19.8 Å². The minimum atomic E-state index is -0.202. The number of rotatable bonds is 11. The van der Waals surface area contributed by atoms with Crippen molar-refractivity contribution in [2.75, 3.05) is 39.4 Å². The molecule has 7 nitrogen and oxygen atoms in total. The van der Waals surface area contributed by atoms with Gasteiger partial charge in [0.1, 0.15) is 5.69 Å². The molecule has 0 saturated carbocycles. The van der Waals surface area contributed by atoms with E-state index in [-0.39, 0.29) is 11.8 Å². The summed E-state index contributed by atoms with van der Waals surface area (Å²) >= 11 is 0. The molecule has 0 fully saturated rings. The highest BCUT2D eigenvalue weighted by Crippen LogP contribution is 2.05. The van der Waals surface area contributed by atoms with E-state index < -0.39 is 0 Å². The Balaban J connectivity index is 2.67. The van der Waals surface area contributed by atoms with E-state index >= 15 is 0 Å². The number of nitrogens with zero attached hydrogens (tertiary/aromatic N) is 4. The van der Waals surface area contributed by atoms with Crippen LogP contribution in [0.25, 0.3) is 0 Å². The van der Waals surface area contributed by atoms with E-state index in [4.69, 9.17) is 4.74 Å². The maximum Gasteiger partial charge on any atom is 0.274 e. The van der Waals surface area contributed by atoms with Crippen molar-refractivity contribution in [1.29, 1.82) is 0 Å². The Morgan fingerprint density at radius 1 is 1.08 bits per heavy atom. The standard InChI is InChI=1S/C17H28N4O3/c1-4-20(5-2)16(22)8-12-21(11-7-13-24-6-3)17(23)15-14-18-9-10-19-15/h9-10,14H,4-8,11-13H2,1-3H3. The molecule has 0 aromatic carbocycles. The number of carbonyl (C=O) groups excluding carboxylic acids is 2. The minimum absolute atomic E-state index is 0.0572. The normalized spacial score (nSPS) is 10.5. The van der Waals surface area contributed by atoms with Crippen molar-refractivity contribution >= 4 is 11.8 Å². The summed E-state index contributed by atoms with van der Waals surface area (Å²) in [6.45, 7) is 9.33. The second-order valence-electron chi connectivity index (χ2n) is 5.25. The SMILES string of the molecule is CCOCCCN(CCC(=O)N(CC)CC)C(=O)c1cnccn1. The van der Waals surface area contributed by atoms with Gasteiger partial charge >= 0.3 is 0 Å². The summed E-state index contributed by atoms with van der Waals surface area (Å²) < 4.78 is 5.33. The van der Waals surface area contributed by atoms with Crippen molar-refractivity contribution in [2.45, 2.75) is 33.6 Å². The molecule has 0 saturated heterocycles. The lowest BCUT2D eigenvalue weighted by Gasteiger charge is -2.24. The molecule has 1 aromatic heterocycles. The lowest BCUT2D eigenvalue weighted by molar-refractivity contribution is -0.131. The van der Waals surface area contributed by atoms with Crippen LogP contribution >= 0.6 is 0 Å². The van der Waals surface area contributed by atoms with Gasteiger partial charge in [0.05, 0.1) is 6.20 Å². The van der Waals surface area contributed by atoms with E-state index in [0.717, 1.165) is 6.42 Å². The molecule has 0 aliphatic rings. The number of hydrogen-bond donors (Lipinski definition) is 0. The summed E-state index contributed by atoms with van der Waals surface area (Å²) in [6.07, 6.45) is 5.50. The third-order valence-electron chi connectivity index (χ3n) is 3.70. The summed E-state index contributed by atoms with van der Waals surface area (Å²) in [5, 5.41) is 0. The molecule has 1 heterocycles. The first-order chi connectivity index (χ1) is 11.6. The molecule has 2 amide bonds. The maximum atomic E-state index is 12.6. The Morgan fingerprint density at radius 3 is 2.42 bits per heavy atom. The van der Waals surface area contributed by atoms with Crippen LogP contribution < -0.4 is 0 Å². The zero-order chi connectivity index (χ0) is 17.8. The van der Waals surface area contributed by atoms with Gasteiger partial charge in [0.25, 0.3) is 5.91 Å².